The van der Waals surface area contributed by atoms with Crippen LogP contribution < -0.4 is 9.64 Å². The molecule has 0 N–H and O–H groups in total. The Balaban J connectivity index is 1.90. The second-order valence-corrected chi connectivity index (χ2v) is 5.92. The summed E-state index contributed by atoms with van der Waals surface area (Å²) in [6.07, 6.45) is 0. The van der Waals surface area contributed by atoms with E-state index in [0.29, 0.717) is 0 Å². The van der Waals surface area contributed by atoms with Gasteiger partial charge in [0, 0.05) is 18.8 Å². The smallest absolute Gasteiger partial charge is 0.247 e. The monoisotopic (exact) mass is 324 g/mol. The first-order chi connectivity index (χ1) is 11.7. The molecule has 4 heteroatoms. The molecular weight excluding hydrogens is 300 g/mol. The number of anilines is 1. The van der Waals surface area contributed by atoms with Crippen molar-refractivity contribution in [2.24, 2.45) is 0 Å². The highest BCUT2D eigenvalue weighted by Crippen LogP contribution is 2.47. The van der Waals surface area contributed by atoms with Crippen LogP contribution in [-0.2, 0) is 4.79 Å². The van der Waals surface area contributed by atoms with E-state index in [4.69, 9.17) is 4.74 Å². The number of nitrogens with zero attached hydrogens (tertiary/aromatic N) is 2. The van der Waals surface area contributed by atoms with E-state index in [1.807, 2.05) is 61.2 Å². The van der Waals surface area contributed by atoms with E-state index in [-0.39, 0.29) is 18.0 Å². The van der Waals surface area contributed by atoms with E-state index in [9.17, 15) is 4.79 Å². The zero-order chi connectivity index (χ0) is 17.1. The third kappa shape index (κ3) is 2.96. The largest absolute Gasteiger partial charge is 0.497 e. The average Bonchev–Trinajstić information content (AvgIpc) is 3.39. The molecule has 2 atom stereocenters. The summed E-state index contributed by atoms with van der Waals surface area (Å²) in [6, 6.07) is 18.1. The number of likely N-dealkylation sites (N-methyl/N-ethyl adjacent to an activating group) is 1. The van der Waals surface area contributed by atoms with Crippen LogP contribution in [0.1, 0.15) is 25.5 Å². The number of amides is 1. The standard InChI is InChI=1S/C20H24N2O2/c1-4-21(5-2)20(23)19-18(15-9-7-6-8-10-15)22(19)16-11-13-17(24-3)14-12-16/h6-14,18-19H,4-5H2,1-3H3/t18-,19+,22?/m0/s1. The van der Waals surface area contributed by atoms with Gasteiger partial charge in [-0.3, -0.25) is 4.79 Å². The molecule has 0 radical (unpaired) electrons. The van der Waals surface area contributed by atoms with Crippen LogP contribution >= 0.6 is 0 Å². The molecule has 2 aromatic carbocycles. The van der Waals surface area contributed by atoms with Gasteiger partial charge in [0.15, 0.2) is 0 Å². The molecule has 1 heterocycles. The predicted molar refractivity (Wildman–Crippen MR) is 96.4 cm³/mol. The third-order valence-corrected chi connectivity index (χ3v) is 4.65. The van der Waals surface area contributed by atoms with E-state index in [1.165, 1.54) is 5.56 Å². The molecule has 0 spiro atoms. The van der Waals surface area contributed by atoms with Crippen molar-refractivity contribution in [3.8, 4) is 5.75 Å². The predicted octanol–water partition coefficient (Wildman–Crippen LogP) is 3.49. The molecule has 1 aliphatic heterocycles. The van der Waals surface area contributed by atoms with Crippen LogP contribution in [0, 0.1) is 0 Å². The van der Waals surface area contributed by atoms with E-state index in [2.05, 4.69) is 17.0 Å². The van der Waals surface area contributed by atoms with Gasteiger partial charge < -0.3 is 14.5 Å². The van der Waals surface area contributed by atoms with Crippen molar-refractivity contribution in [2.75, 3.05) is 25.1 Å². The molecule has 1 amide bonds. The summed E-state index contributed by atoms with van der Waals surface area (Å²) in [5, 5.41) is 0. The minimum Gasteiger partial charge on any atom is -0.497 e. The van der Waals surface area contributed by atoms with Gasteiger partial charge in [0.25, 0.3) is 0 Å². The van der Waals surface area contributed by atoms with Gasteiger partial charge in [-0.25, -0.2) is 0 Å². The summed E-state index contributed by atoms with van der Waals surface area (Å²) >= 11 is 0. The molecule has 2 aromatic rings. The number of methoxy groups -OCH3 is 1. The first kappa shape index (κ1) is 16.4. The summed E-state index contributed by atoms with van der Waals surface area (Å²) in [7, 11) is 1.66. The van der Waals surface area contributed by atoms with Crippen LogP contribution in [0.15, 0.2) is 54.6 Å². The Labute approximate surface area is 143 Å². The van der Waals surface area contributed by atoms with Crippen molar-refractivity contribution in [3.05, 3.63) is 60.2 Å². The maximum atomic E-state index is 12.9. The second-order valence-electron chi connectivity index (χ2n) is 5.92. The first-order valence-electron chi connectivity index (χ1n) is 8.47. The van der Waals surface area contributed by atoms with Gasteiger partial charge in [-0.1, -0.05) is 30.3 Å². The van der Waals surface area contributed by atoms with Gasteiger partial charge in [0.05, 0.1) is 13.2 Å². The number of hydrogen-bond acceptors (Lipinski definition) is 3. The fourth-order valence-electron chi connectivity index (χ4n) is 3.28. The van der Waals surface area contributed by atoms with Crippen molar-refractivity contribution >= 4 is 11.6 Å². The number of rotatable bonds is 6. The van der Waals surface area contributed by atoms with Crippen molar-refractivity contribution in [1.29, 1.82) is 0 Å². The topological polar surface area (TPSA) is 32.5 Å². The zero-order valence-corrected chi connectivity index (χ0v) is 14.5. The Morgan fingerprint density at radius 1 is 1.04 bits per heavy atom. The Hall–Kier alpha value is -2.49. The second kappa shape index (κ2) is 6.95. The molecule has 0 aliphatic carbocycles. The molecule has 24 heavy (non-hydrogen) atoms. The number of benzene rings is 2. The van der Waals surface area contributed by atoms with Crippen LogP contribution in [0.25, 0.3) is 0 Å². The molecule has 1 aliphatic rings. The average molecular weight is 324 g/mol. The lowest BCUT2D eigenvalue weighted by atomic mass is 10.1. The summed E-state index contributed by atoms with van der Waals surface area (Å²) in [6.45, 7) is 5.53. The maximum absolute atomic E-state index is 12.9. The molecule has 0 unspecified atom stereocenters. The van der Waals surface area contributed by atoms with Crippen LogP contribution in [0.5, 0.6) is 5.75 Å². The molecular formula is C20H24N2O2. The Morgan fingerprint density at radius 3 is 2.21 bits per heavy atom. The number of hydrogen-bond donors (Lipinski definition) is 0. The lowest BCUT2D eigenvalue weighted by Gasteiger charge is -2.18. The van der Waals surface area contributed by atoms with Crippen LogP contribution in [0.4, 0.5) is 5.69 Å². The van der Waals surface area contributed by atoms with Crippen LogP contribution in [0.2, 0.25) is 0 Å². The van der Waals surface area contributed by atoms with Crippen molar-refractivity contribution in [2.45, 2.75) is 25.9 Å². The Kier molecular flexibility index (Phi) is 4.74. The highest BCUT2D eigenvalue weighted by atomic mass is 16.5. The van der Waals surface area contributed by atoms with Gasteiger partial charge in [0.2, 0.25) is 5.91 Å². The third-order valence-electron chi connectivity index (χ3n) is 4.65. The van der Waals surface area contributed by atoms with Crippen molar-refractivity contribution in [1.82, 2.24) is 4.90 Å². The molecule has 0 saturated carbocycles. The molecule has 0 bridgehead atoms. The van der Waals surface area contributed by atoms with E-state index < -0.39 is 0 Å². The van der Waals surface area contributed by atoms with Gasteiger partial charge in [-0.2, -0.15) is 0 Å². The van der Waals surface area contributed by atoms with Crippen molar-refractivity contribution < 1.29 is 9.53 Å². The molecule has 4 nitrogen and oxygen atoms in total. The van der Waals surface area contributed by atoms with Gasteiger partial charge in [0.1, 0.15) is 11.8 Å². The SMILES string of the molecule is CCN(CC)C(=O)[C@H]1[C@H](c2ccccc2)N1c1ccc(OC)cc1. The Bertz CT molecular complexity index is 681. The van der Waals surface area contributed by atoms with E-state index in [0.717, 1.165) is 24.5 Å². The number of carbonyl (C=O) groups excluding carboxylic acids is 1. The summed E-state index contributed by atoms with van der Waals surface area (Å²) in [4.78, 5) is 17.0. The highest BCUT2D eigenvalue weighted by molar-refractivity contribution is 5.93. The normalized spacial score (nSPS) is 19.0. The quantitative estimate of drug-likeness (QED) is 0.763. The lowest BCUT2D eigenvalue weighted by molar-refractivity contribution is -0.130. The number of carbonyl (C=O) groups is 1. The fourth-order valence-corrected chi connectivity index (χ4v) is 3.28. The summed E-state index contributed by atoms with van der Waals surface area (Å²) < 4.78 is 5.23. The molecule has 1 saturated heterocycles. The highest BCUT2D eigenvalue weighted by Gasteiger charge is 2.54. The van der Waals surface area contributed by atoms with Crippen molar-refractivity contribution in [3.63, 3.8) is 0 Å². The minimum atomic E-state index is -0.124. The molecule has 3 rings (SSSR count). The molecule has 126 valence electrons. The Morgan fingerprint density at radius 2 is 1.67 bits per heavy atom. The number of ether oxygens (including phenoxy) is 1. The van der Waals surface area contributed by atoms with E-state index >= 15 is 0 Å². The summed E-state index contributed by atoms with van der Waals surface area (Å²) in [5.41, 5.74) is 2.23. The van der Waals surface area contributed by atoms with Crippen LogP contribution in [0.3, 0.4) is 0 Å². The summed E-state index contributed by atoms with van der Waals surface area (Å²) in [5.74, 6) is 1.02. The van der Waals surface area contributed by atoms with Gasteiger partial charge in [-0.15, -0.1) is 0 Å². The molecule has 0 aromatic heterocycles. The fraction of sp³-hybridized carbons (Fsp3) is 0.350. The first-order valence-corrected chi connectivity index (χ1v) is 8.47. The van der Waals surface area contributed by atoms with Crippen LogP contribution in [-0.4, -0.2) is 37.0 Å². The van der Waals surface area contributed by atoms with E-state index in [1.54, 1.807) is 7.11 Å². The molecule has 1 fully saturated rings. The van der Waals surface area contributed by atoms with Gasteiger partial charge >= 0.3 is 0 Å². The maximum Gasteiger partial charge on any atom is 0.247 e. The zero-order valence-electron chi connectivity index (χ0n) is 14.5. The van der Waals surface area contributed by atoms with Gasteiger partial charge in [-0.05, 0) is 43.7 Å². The lowest BCUT2D eigenvalue weighted by Crippen LogP contribution is -2.35. The minimum absolute atomic E-state index is 0.104.